The Balaban J connectivity index is 2.68. The molecule has 0 aliphatic carbocycles. The zero-order chi connectivity index (χ0) is 13.0. The number of aromatic nitrogens is 2. The summed E-state index contributed by atoms with van der Waals surface area (Å²) < 4.78 is 0. The number of hydrogen-bond acceptors (Lipinski definition) is 4. The number of nitrogens with two attached hydrogens (primary N) is 1. The first-order valence-corrected chi connectivity index (χ1v) is 5.66. The molecule has 17 heavy (non-hydrogen) atoms. The lowest BCUT2D eigenvalue weighted by molar-refractivity contribution is 0.0912. The molecule has 6 heteroatoms. The highest BCUT2D eigenvalue weighted by molar-refractivity contribution is 5.97. The first-order valence-electron chi connectivity index (χ1n) is 5.66. The van der Waals surface area contributed by atoms with Gasteiger partial charge >= 0.3 is 0 Å². The molecule has 0 saturated carbocycles. The number of carbonyl (C=O) groups is 1. The number of carbonyl (C=O) groups excluding carboxylic acids is 1. The van der Waals surface area contributed by atoms with Gasteiger partial charge in [-0.25, -0.2) is 0 Å². The van der Waals surface area contributed by atoms with Gasteiger partial charge < -0.3 is 16.0 Å². The van der Waals surface area contributed by atoms with Crippen LogP contribution in [0.15, 0.2) is 6.20 Å². The van der Waals surface area contributed by atoms with Crippen LogP contribution in [-0.2, 0) is 0 Å². The molecule has 1 aromatic heterocycles. The second-order valence-corrected chi connectivity index (χ2v) is 4.79. The van der Waals surface area contributed by atoms with E-state index >= 15 is 0 Å². The summed E-state index contributed by atoms with van der Waals surface area (Å²) in [5.41, 5.74) is 6.33. The van der Waals surface area contributed by atoms with E-state index in [1.54, 1.807) is 0 Å². The van der Waals surface area contributed by atoms with Gasteiger partial charge in [0.25, 0.3) is 5.91 Å². The minimum Gasteiger partial charge on any atom is -0.396 e. The third-order valence-corrected chi connectivity index (χ3v) is 2.58. The summed E-state index contributed by atoms with van der Waals surface area (Å²) in [4.78, 5) is 14.0. The SMILES string of the molecule is CC(C)C(CN(C)C)NC(=O)c1[nH]ncc1N. The molecular formula is C11H21N5O. The molecular weight excluding hydrogens is 218 g/mol. The van der Waals surface area contributed by atoms with Gasteiger partial charge in [0.1, 0.15) is 5.69 Å². The standard InChI is InChI=1S/C11H21N5O/c1-7(2)9(6-16(3)4)14-11(17)10-8(12)5-13-15-10/h5,7,9H,6,12H2,1-4H3,(H,13,15)(H,14,17). The van der Waals surface area contributed by atoms with E-state index in [1.165, 1.54) is 6.20 Å². The van der Waals surface area contributed by atoms with Crippen LogP contribution < -0.4 is 11.1 Å². The van der Waals surface area contributed by atoms with E-state index in [2.05, 4.69) is 29.4 Å². The maximum absolute atomic E-state index is 11.9. The fraction of sp³-hybridized carbons (Fsp3) is 0.636. The van der Waals surface area contributed by atoms with Gasteiger partial charge in [0.05, 0.1) is 11.9 Å². The predicted molar refractivity (Wildman–Crippen MR) is 67.6 cm³/mol. The highest BCUT2D eigenvalue weighted by Gasteiger charge is 2.20. The van der Waals surface area contributed by atoms with Gasteiger partial charge in [0, 0.05) is 12.6 Å². The molecule has 1 aromatic rings. The van der Waals surface area contributed by atoms with Gasteiger partial charge in [-0.3, -0.25) is 9.89 Å². The third-order valence-electron chi connectivity index (χ3n) is 2.58. The molecule has 0 fully saturated rings. The Bertz CT molecular complexity index is 372. The van der Waals surface area contributed by atoms with Crippen LogP contribution >= 0.6 is 0 Å². The van der Waals surface area contributed by atoms with E-state index in [4.69, 9.17) is 5.73 Å². The van der Waals surface area contributed by atoms with E-state index in [9.17, 15) is 4.79 Å². The number of hydrogen-bond donors (Lipinski definition) is 3. The number of amides is 1. The van der Waals surface area contributed by atoms with Crippen molar-refractivity contribution in [1.29, 1.82) is 0 Å². The Hall–Kier alpha value is -1.56. The fourth-order valence-corrected chi connectivity index (χ4v) is 1.53. The maximum atomic E-state index is 11.9. The van der Waals surface area contributed by atoms with Gasteiger partial charge in [-0.05, 0) is 20.0 Å². The van der Waals surface area contributed by atoms with Crippen LogP contribution in [0.1, 0.15) is 24.3 Å². The molecule has 0 aliphatic heterocycles. The largest absolute Gasteiger partial charge is 0.396 e. The second-order valence-electron chi connectivity index (χ2n) is 4.79. The number of H-pyrrole nitrogens is 1. The summed E-state index contributed by atoms with van der Waals surface area (Å²) in [5, 5.41) is 9.30. The number of aromatic amines is 1. The molecule has 0 aliphatic rings. The molecule has 0 spiro atoms. The Morgan fingerprint density at radius 3 is 2.65 bits per heavy atom. The lowest BCUT2D eigenvalue weighted by Gasteiger charge is -2.25. The van der Waals surface area contributed by atoms with Crippen LogP contribution in [0.2, 0.25) is 0 Å². The van der Waals surface area contributed by atoms with Crippen LogP contribution in [0.25, 0.3) is 0 Å². The van der Waals surface area contributed by atoms with Gasteiger partial charge in [0.2, 0.25) is 0 Å². The Morgan fingerprint density at radius 2 is 2.24 bits per heavy atom. The average Bonchev–Trinajstić information content (AvgIpc) is 2.62. The van der Waals surface area contributed by atoms with Crippen molar-refractivity contribution in [3.63, 3.8) is 0 Å². The van der Waals surface area contributed by atoms with Crippen molar-refractivity contribution in [3.8, 4) is 0 Å². The minimum atomic E-state index is -0.208. The minimum absolute atomic E-state index is 0.0835. The molecule has 0 aromatic carbocycles. The van der Waals surface area contributed by atoms with E-state index in [-0.39, 0.29) is 11.9 Å². The highest BCUT2D eigenvalue weighted by Crippen LogP contribution is 2.08. The lowest BCUT2D eigenvalue weighted by atomic mass is 10.0. The molecule has 1 atom stereocenters. The van der Waals surface area contributed by atoms with Crippen LogP contribution in [0.4, 0.5) is 5.69 Å². The van der Waals surface area contributed by atoms with Gasteiger partial charge in [0.15, 0.2) is 0 Å². The summed E-state index contributed by atoms with van der Waals surface area (Å²) in [6, 6.07) is 0.0835. The van der Waals surface area contributed by atoms with Crippen LogP contribution in [-0.4, -0.2) is 47.7 Å². The molecule has 1 rings (SSSR count). The normalized spacial score (nSPS) is 13.1. The number of nitrogens with one attached hydrogen (secondary N) is 2. The predicted octanol–water partition coefficient (Wildman–Crippen LogP) is 0.308. The molecule has 96 valence electrons. The van der Waals surface area contributed by atoms with Crippen molar-refractivity contribution >= 4 is 11.6 Å². The fourth-order valence-electron chi connectivity index (χ4n) is 1.53. The quantitative estimate of drug-likeness (QED) is 0.690. The smallest absolute Gasteiger partial charge is 0.271 e. The number of likely N-dealkylation sites (N-methyl/N-ethyl adjacent to an activating group) is 1. The molecule has 0 radical (unpaired) electrons. The van der Waals surface area contributed by atoms with E-state index in [0.717, 1.165) is 6.54 Å². The van der Waals surface area contributed by atoms with E-state index in [0.29, 0.717) is 17.3 Å². The van der Waals surface area contributed by atoms with Crippen LogP contribution in [0.3, 0.4) is 0 Å². The summed E-state index contributed by atoms with van der Waals surface area (Å²) in [7, 11) is 3.96. The summed E-state index contributed by atoms with van der Waals surface area (Å²) in [5.74, 6) is 0.144. The molecule has 6 nitrogen and oxygen atoms in total. The summed E-state index contributed by atoms with van der Waals surface area (Å²) in [6.45, 7) is 4.94. The summed E-state index contributed by atoms with van der Waals surface area (Å²) >= 11 is 0. The molecule has 4 N–H and O–H groups in total. The molecule has 0 saturated heterocycles. The van der Waals surface area contributed by atoms with Crippen molar-refractivity contribution in [1.82, 2.24) is 20.4 Å². The Kier molecular flexibility index (Phi) is 4.51. The van der Waals surface area contributed by atoms with Crippen molar-refractivity contribution < 1.29 is 4.79 Å². The highest BCUT2D eigenvalue weighted by atomic mass is 16.2. The van der Waals surface area contributed by atoms with Crippen molar-refractivity contribution in [2.24, 2.45) is 5.92 Å². The molecule has 1 unspecified atom stereocenters. The number of nitrogen functional groups attached to an aromatic ring is 1. The van der Waals surface area contributed by atoms with Crippen molar-refractivity contribution in [3.05, 3.63) is 11.9 Å². The molecule has 0 bridgehead atoms. The molecule has 1 amide bonds. The number of anilines is 1. The summed E-state index contributed by atoms with van der Waals surface area (Å²) in [6.07, 6.45) is 1.44. The topological polar surface area (TPSA) is 87.0 Å². The van der Waals surface area contributed by atoms with Gasteiger partial charge in [-0.15, -0.1) is 0 Å². The lowest BCUT2D eigenvalue weighted by Crippen LogP contribution is -2.45. The van der Waals surface area contributed by atoms with Gasteiger partial charge in [-0.1, -0.05) is 13.8 Å². The van der Waals surface area contributed by atoms with Crippen molar-refractivity contribution in [2.45, 2.75) is 19.9 Å². The second kappa shape index (κ2) is 5.67. The Labute approximate surface area is 102 Å². The average molecular weight is 239 g/mol. The number of nitrogens with zero attached hydrogens (tertiary/aromatic N) is 2. The Morgan fingerprint density at radius 1 is 1.59 bits per heavy atom. The van der Waals surface area contributed by atoms with E-state index in [1.807, 2.05) is 19.0 Å². The monoisotopic (exact) mass is 239 g/mol. The third kappa shape index (κ3) is 3.74. The number of rotatable bonds is 5. The van der Waals surface area contributed by atoms with Crippen LogP contribution in [0, 0.1) is 5.92 Å². The van der Waals surface area contributed by atoms with Gasteiger partial charge in [-0.2, -0.15) is 5.10 Å². The zero-order valence-electron chi connectivity index (χ0n) is 10.8. The first-order chi connectivity index (χ1) is 7.91. The van der Waals surface area contributed by atoms with Crippen molar-refractivity contribution in [2.75, 3.05) is 26.4 Å². The first kappa shape index (κ1) is 13.5. The van der Waals surface area contributed by atoms with E-state index < -0.39 is 0 Å². The molecule has 1 heterocycles. The zero-order valence-corrected chi connectivity index (χ0v) is 10.8. The van der Waals surface area contributed by atoms with Crippen LogP contribution in [0.5, 0.6) is 0 Å². The maximum Gasteiger partial charge on any atom is 0.271 e.